The minimum Gasteiger partial charge on any atom is -0.490 e. The summed E-state index contributed by atoms with van der Waals surface area (Å²) in [4.78, 5) is 25.0. The highest BCUT2D eigenvalue weighted by Crippen LogP contribution is 2.20. The van der Waals surface area contributed by atoms with E-state index in [-0.39, 0.29) is 23.0 Å². The smallest absolute Gasteiger partial charge is 0.261 e. The van der Waals surface area contributed by atoms with Crippen LogP contribution in [-0.4, -0.2) is 23.0 Å². The molecule has 0 aliphatic carbocycles. The van der Waals surface area contributed by atoms with Crippen LogP contribution in [0.25, 0.3) is 0 Å². The van der Waals surface area contributed by atoms with Crippen LogP contribution in [0.15, 0.2) is 78.9 Å². The second-order valence-corrected chi connectivity index (χ2v) is 8.09. The molecule has 3 N–H and O–H groups in total. The van der Waals surface area contributed by atoms with Crippen LogP contribution in [0, 0.1) is 0 Å². The minimum absolute atomic E-state index is 0.0605. The average Bonchev–Trinajstić information content (AvgIpc) is 2.78. The van der Waals surface area contributed by atoms with E-state index in [1.54, 1.807) is 42.5 Å². The van der Waals surface area contributed by atoms with Gasteiger partial charge in [-0.25, -0.2) is 0 Å². The highest BCUT2D eigenvalue weighted by atomic mass is 32.1. The molecule has 0 aliphatic heterocycles. The Morgan fingerprint density at radius 3 is 2.27 bits per heavy atom. The molecule has 0 spiro atoms. The van der Waals surface area contributed by atoms with E-state index in [2.05, 4.69) is 16.0 Å². The van der Waals surface area contributed by atoms with Crippen molar-refractivity contribution in [1.29, 1.82) is 0 Å². The third kappa shape index (κ3) is 7.73. The van der Waals surface area contributed by atoms with Crippen molar-refractivity contribution in [3.05, 3.63) is 90.0 Å². The van der Waals surface area contributed by atoms with E-state index in [4.69, 9.17) is 17.0 Å². The quantitative estimate of drug-likeness (QED) is 0.403. The molecule has 3 aromatic rings. The first-order chi connectivity index (χ1) is 15.9. The Hall–Kier alpha value is -3.71. The molecule has 2 amide bonds. The minimum atomic E-state index is -0.367. The molecule has 7 heteroatoms. The number of benzene rings is 3. The lowest BCUT2D eigenvalue weighted by molar-refractivity contribution is -0.116. The van der Waals surface area contributed by atoms with Crippen LogP contribution in [0.2, 0.25) is 0 Å². The Balaban J connectivity index is 1.55. The molecule has 0 unspecified atom stereocenters. The maximum absolute atomic E-state index is 12.7. The van der Waals surface area contributed by atoms with Gasteiger partial charge in [-0.15, -0.1) is 0 Å². The van der Waals surface area contributed by atoms with Crippen LogP contribution >= 0.6 is 12.2 Å². The zero-order chi connectivity index (χ0) is 23.6. The summed E-state index contributed by atoms with van der Waals surface area (Å²) in [7, 11) is 0. The number of amides is 2. The first-order valence-corrected chi connectivity index (χ1v) is 11.1. The number of hydrogen-bond donors (Lipinski definition) is 3. The predicted octanol–water partition coefficient (Wildman–Crippen LogP) is 5.17. The van der Waals surface area contributed by atoms with Crippen molar-refractivity contribution < 1.29 is 14.3 Å². The van der Waals surface area contributed by atoms with E-state index >= 15 is 0 Å². The zero-order valence-electron chi connectivity index (χ0n) is 18.6. The van der Waals surface area contributed by atoms with Gasteiger partial charge in [0.25, 0.3) is 5.91 Å². The molecule has 170 valence electrons. The van der Waals surface area contributed by atoms with Crippen molar-refractivity contribution >= 4 is 40.5 Å². The van der Waals surface area contributed by atoms with Gasteiger partial charge >= 0.3 is 0 Å². The fourth-order valence-electron chi connectivity index (χ4n) is 3.14. The molecule has 3 rings (SSSR count). The first kappa shape index (κ1) is 23.9. The molecule has 0 aliphatic rings. The molecule has 0 bridgehead atoms. The van der Waals surface area contributed by atoms with Gasteiger partial charge in [0, 0.05) is 17.8 Å². The van der Waals surface area contributed by atoms with Gasteiger partial charge in [-0.1, -0.05) is 48.5 Å². The Kier molecular flexibility index (Phi) is 8.55. The van der Waals surface area contributed by atoms with Crippen LogP contribution in [-0.2, 0) is 11.2 Å². The van der Waals surface area contributed by atoms with E-state index < -0.39 is 0 Å². The second-order valence-electron chi connectivity index (χ2n) is 7.69. The number of anilines is 2. The average molecular weight is 462 g/mol. The van der Waals surface area contributed by atoms with Crippen molar-refractivity contribution in [1.82, 2.24) is 5.32 Å². The molecule has 0 aromatic heterocycles. The summed E-state index contributed by atoms with van der Waals surface area (Å²) in [5.41, 5.74) is 2.80. The van der Waals surface area contributed by atoms with E-state index in [0.717, 1.165) is 5.56 Å². The summed E-state index contributed by atoms with van der Waals surface area (Å²) in [6, 6.07) is 24.0. The van der Waals surface area contributed by atoms with Crippen LogP contribution in [0.1, 0.15) is 36.2 Å². The Morgan fingerprint density at radius 2 is 1.55 bits per heavy atom. The van der Waals surface area contributed by atoms with Gasteiger partial charge in [0.1, 0.15) is 5.75 Å². The molecule has 0 atom stereocenters. The monoisotopic (exact) mass is 461 g/mol. The number of rotatable bonds is 8. The second kappa shape index (κ2) is 11.8. The SMILES string of the molecule is CC(C)Oc1ccccc1C(=O)NC(=S)Nc1cccc(NC(=O)CCc2ccccc2)c1. The summed E-state index contributed by atoms with van der Waals surface area (Å²) in [5.74, 6) is 0.0516. The van der Waals surface area contributed by atoms with E-state index in [9.17, 15) is 9.59 Å². The van der Waals surface area contributed by atoms with Crippen LogP contribution in [0.3, 0.4) is 0 Å². The highest BCUT2D eigenvalue weighted by Gasteiger charge is 2.14. The van der Waals surface area contributed by atoms with Gasteiger partial charge in [0.05, 0.1) is 11.7 Å². The number of ether oxygens (including phenoxy) is 1. The summed E-state index contributed by atoms with van der Waals surface area (Å²) >= 11 is 5.30. The molecule has 0 saturated carbocycles. The van der Waals surface area contributed by atoms with Crippen LogP contribution in [0.5, 0.6) is 5.75 Å². The number of carbonyl (C=O) groups excluding carboxylic acids is 2. The van der Waals surface area contributed by atoms with Gasteiger partial charge in [-0.3, -0.25) is 14.9 Å². The summed E-state index contributed by atoms with van der Waals surface area (Å²) in [6.45, 7) is 3.79. The lowest BCUT2D eigenvalue weighted by Crippen LogP contribution is -2.34. The fourth-order valence-corrected chi connectivity index (χ4v) is 3.36. The molecule has 33 heavy (non-hydrogen) atoms. The maximum Gasteiger partial charge on any atom is 0.261 e. The molecule has 0 heterocycles. The third-order valence-corrected chi connectivity index (χ3v) is 4.81. The van der Waals surface area contributed by atoms with Crippen molar-refractivity contribution in [2.45, 2.75) is 32.8 Å². The van der Waals surface area contributed by atoms with Gasteiger partial charge in [-0.2, -0.15) is 0 Å². The van der Waals surface area contributed by atoms with E-state index in [0.29, 0.717) is 35.5 Å². The van der Waals surface area contributed by atoms with Crippen LogP contribution in [0.4, 0.5) is 11.4 Å². The molecular weight excluding hydrogens is 434 g/mol. The number of aryl methyl sites for hydroxylation is 1. The van der Waals surface area contributed by atoms with Crippen molar-refractivity contribution in [3.63, 3.8) is 0 Å². The van der Waals surface area contributed by atoms with Crippen LogP contribution < -0.4 is 20.7 Å². The van der Waals surface area contributed by atoms with Gasteiger partial charge < -0.3 is 15.4 Å². The predicted molar refractivity (Wildman–Crippen MR) is 136 cm³/mol. The Morgan fingerprint density at radius 1 is 0.879 bits per heavy atom. The topological polar surface area (TPSA) is 79.5 Å². The summed E-state index contributed by atoms with van der Waals surface area (Å²) < 4.78 is 5.70. The summed E-state index contributed by atoms with van der Waals surface area (Å²) in [6.07, 6.45) is 0.992. The zero-order valence-corrected chi connectivity index (χ0v) is 19.4. The lowest BCUT2D eigenvalue weighted by Gasteiger charge is -2.15. The number of hydrogen-bond acceptors (Lipinski definition) is 4. The Labute approximate surface area is 199 Å². The Bertz CT molecular complexity index is 1120. The standard InChI is InChI=1S/C26H27N3O3S/c1-18(2)32-23-14-7-6-13-22(23)25(31)29-26(33)28-21-12-8-11-20(17-21)27-24(30)16-15-19-9-4-3-5-10-19/h3-14,17-18H,15-16H2,1-2H3,(H,27,30)(H2,28,29,31,33). The lowest BCUT2D eigenvalue weighted by atomic mass is 10.1. The fraction of sp³-hybridized carbons (Fsp3) is 0.192. The summed E-state index contributed by atoms with van der Waals surface area (Å²) in [5, 5.41) is 8.69. The number of thiocarbonyl (C=S) groups is 1. The molecule has 0 radical (unpaired) electrons. The van der Waals surface area contributed by atoms with Gasteiger partial charge in [0.2, 0.25) is 5.91 Å². The molecule has 0 saturated heterocycles. The molecule has 3 aromatic carbocycles. The first-order valence-electron chi connectivity index (χ1n) is 10.7. The number of para-hydroxylation sites is 1. The van der Waals surface area contributed by atoms with Gasteiger partial charge in [0.15, 0.2) is 5.11 Å². The highest BCUT2D eigenvalue weighted by molar-refractivity contribution is 7.80. The van der Waals surface area contributed by atoms with Crippen molar-refractivity contribution in [2.24, 2.45) is 0 Å². The molecule has 6 nitrogen and oxygen atoms in total. The maximum atomic E-state index is 12.7. The largest absolute Gasteiger partial charge is 0.490 e. The van der Waals surface area contributed by atoms with E-state index in [1.165, 1.54) is 0 Å². The number of carbonyl (C=O) groups is 2. The normalized spacial score (nSPS) is 10.4. The third-order valence-electron chi connectivity index (χ3n) is 4.61. The molecule has 0 fully saturated rings. The van der Waals surface area contributed by atoms with Crippen molar-refractivity contribution in [3.8, 4) is 5.75 Å². The number of nitrogens with one attached hydrogen (secondary N) is 3. The van der Waals surface area contributed by atoms with Gasteiger partial charge in [-0.05, 0) is 68.4 Å². The molecular formula is C26H27N3O3S. The van der Waals surface area contributed by atoms with Crippen molar-refractivity contribution in [2.75, 3.05) is 10.6 Å². The van der Waals surface area contributed by atoms with E-state index in [1.807, 2.05) is 50.2 Å².